The predicted molar refractivity (Wildman–Crippen MR) is 46.2 cm³/mol. The molecule has 1 aliphatic heterocycles. The second-order valence-electron chi connectivity index (χ2n) is 3.64. The highest BCUT2D eigenvalue weighted by Crippen LogP contribution is 2.32. The van der Waals surface area contributed by atoms with Gasteiger partial charge in [-0.3, -0.25) is 5.10 Å². The molecule has 2 heterocycles. The zero-order valence-electron chi connectivity index (χ0n) is 7.80. The first-order valence-electron chi connectivity index (χ1n) is 4.49. The van der Waals surface area contributed by atoms with E-state index in [-0.39, 0.29) is 12.5 Å². The highest BCUT2D eigenvalue weighted by atomic mass is 19.1. The third-order valence-electron chi connectivity index (χ3n) is 2.28. The number of fused-ring (bicyclic) bond motifs is 1. The van der Waals surface area contributed by atoms with Crippen molar-refractivity contribution in [2.24, 2.45) is 0 Å². The van der Waals surface area contributed by atoms with Crippen molar-refractivity contribution >= 4 is 0 Å². The van der Waals surface area contributed by atoms with Gasteiger partial charge in [-0.25, -0.2) is 4.39 Å². The molecule has 1 aromatic rings. The fraction of sp³-hybridized carbons (Fsp3) is 0.667. The van der Waals surface area contributed by atoms with Crippen LogP contribution in [-0.4, -0.2) is 16.8 Å². The molecule has 0 saturated heterocycles. The summed E-state index contributed by atoms with van der Waals surface area (Å²) in [4.78, 5) is 0. The summed E-state index contributed by atoms with van der Waals surface area (Å²) in [6.45, 7) is 4.64. The number of rotatable bonds is 1. The van der Waals surface area contributed by atoms with Gasteiger partial charge in [0, 0.05) is 5.56 Å². The maximum atomic E-state index is 13.4. The predicted octanol–water partition coefficient (Wildman–Crippen LogP) is 2.07. The lowest BCUT2D eigenvalue weighted by molar-refractivity contribution is 0.0491. The minimum absolute atomic E-state index is 0.159. The number of nitrogens with zero attached hydrogens (tertiary/aromatic N) is 1. The van der Waals surface area contributed by atoms with Crippen molar-refractivity contribution in [2.75, 3.05) is 6.61 Å². The van der Waals surface area contributed by atoms with Crippen molar-refractivity contribution in [1.29, 1.82) is 0 Å². The Morgan fingerprint density at radius 3 is 3.08 bits per heavy atom. The van der Waals surface area contributed by atoms with Crippen molar-refractivity contribution in [1.82, 2.24) is 10.2 Å². The smallest absolute Gasteiger partial charge is 0.152 e. The molecule has 13 heavy (non-hydrogen) atoms. The monoisotopic (exact) mass is 184 g/mol. The summed E-state index contributed by atoms with van der Waals surface area (Å²) in [5.41, 5.74) is 2.36. The summed E-state index contributed by atoms with van der Waals surface area (Å²) >= 11 is 0. The molecule has 4 heteroatoms. The zero-order valence-corrected chi connectivity index (χ0v) is 7.80. The van der Waals surface area contributed by atoms with Crippen LogP contribution in [0.1, 0.15) is 42.9 Å². The van der Waals surface area contributed by atoms with E-state index in [0.29, 0.717) is 6.61 Å². The second kappa shape index (κ2) is 3.10. The fourth-order valence-electron chi connectivity index (χ4n) is 1.65. The standard InChI is InChI=1S/C9H13FN2O/c1-5(2)9-8-6(10)3-13-4-7(8)11-12-9/h5-6H,3-4H2,1-2H3,(H,11,12). The van der Waals surface area contributed by atoms with Crippen LogP contribution in [0.2, 0.25) is 0 Å². The SMILES string of the molecule is CC(C)c1n[nH]c2c1C(F)COC2. The zero-order chi connectivity index (χ0) is 9.42. The number of halogens is 1. The largest absolute Gasteiger partial charge is 0.372 e. The van der Waals surface area contributed by atoms with Crippen molar-refractivity contribution in [3.63, 3.8) is 0 Å². The molecular weight excluding hydrogens is 171 g/mol. The minimum Gasteiger partial charge on any atom is -0.372 e. The maximum Gasteiger partial charge on any atom is 0.152 e. The molecule has 2 rings (SSSR count). The quantitative estimate of drug-likeness (QED) is 0.725. The maximum absolute atomic E-state index is 13.4. The topological polar surface area (TPSA) is 37.9 Å². The van der Waals surface area contributed by atoms with E-state index in [1.54, 1.807) is 0 Å². The molecule has 3 nitrogen and oxygen atoms in total. The van der Waals surface area contributed by atoms with Gasteiger partial charge in [0.1, 0.15) is 0 Å². The van der Waals surface area contributed by atoms with Gasteiger partial charge >= 0.3 is 0 Å². The van der Waals surface area contributed by atoms with Gasteiger partial charge in [0.05, 0.1) is 24.6 Å². The Labute approximate surface area is 76.3 Å². The summed E-state index contributed by atoms with van der Waals surface area (Å²) in [6, 6.07) is 0. The molecule has 0 amide bonds. The third-order valence-corrected chi connectivity index (χ3v) is 2.28. The number of hydrogen-bond donors (Lipinski definition) is 1. The molecule has 72 valence electrons. The van der Waals surface area contributed by atoms with Gasteiger partial charge in [-0.1, -0.05) is 13.8 Å². The van der Waals surface area contributed by atoms with E-state index in [9.17, 15) is 4.39 Å². The first kappa shape index (κ1) is 8.69. The van der Waals surface area contributed by atoms with Gasteiger partial charge in [-0.05, 0) is 5.92 Å². The summed E-state index contributed by atoms with van der Waals surface area (Å²) in [7, 11) is 0. The molecule has 0 saturated carbocycles. The van der Waals surface area contributed by atoms with E-state index in [1.165, 1.54) is 0 Å². The highest BCUT2D eigenvalue weighted by Gasteiger charge is 2.27. The number of hydrogen-bond acceptors (Lipinski definition) is 2. The van der Waals surface area contributed by atoms with Crippen LogP contribution in [0, 0.1) is 0 Å². The van der Waals surface area contributed by atoms with Crippen LogP contribution in [0.4, 0.5) is 4.39 Å². The molecule has 1 atom stereocenters. The molecule has 0 radical (unpaired) electrons. The summed E-state index contributed by atoms with van der Waals surface area (Å²) < 4.78 is 18.5. The molecule has 0 bridgehead atoms. The van der Waals surface area contributed by atoms with Crippen LogP contribution in [0.15, 0.2) is 0 Å². The highest BCUT2D eigenvalue weighted by molar-refractivity contribution is 5.30. The van der Waals surface area contributed by atoms with Crippen molar-refractivity contribution in [3.05, 3.63) is 17.0 Å². The summed E-state index contributed by atoms with van der Waals surface area (Å²) in [6.07, 6.45) is -1.01. The average molecular weight is 184 g/mol. The molecule has 1 aliphatic rings. The number of H-pyrrole nitrogens is 1. The number of nitrogens with one attached hydrogen (secondary N) is 1. The first-order valence-corrected chi connectivity index (χ1v) is 4.49. The number of aromatic amines is 1. The summed E-state index contributed by atoms with van der Waals surface area (Å²) in [5, 5.41) is 6.93. The Kier molecular flexibility index (Phi) is 2.07. The molecule has 1 N–H and O–H groups in total. The average Bonchev–Trinajstić information content (AvgIpc) is 2.49. The van der Waals surface area contributed by atoms with Gasteiger partial charge < -0.3 is 4.74 Å². The Morgan fingerprint density at radius 1 is 1.62 bits per heavy atom. The van der Waals surface area contributed by atoms with Gasteiger partial charge in [-0.2, -0.15) is 5.10 Å². The normalized spacial score (nSPS) is 22.0. The Balaban J connectivity index is 2.44. The molecule has 0 aromatic carbocycles. The van der Waals surface area contributed by atoms with Crippen LogP contribution in [-0.2, 0) is 11.3 Å². The van der Waals surface area contributed by atoms with Crippen LogP contribution < -0.4 is 0 Å². The number of ether oxygens (including phenoxy) is 1. The molecular formula is C9H13FN2O. The van der Waals surface area contributed by atoms with Crippen molar-refractivity contribution < 1.29 is 9.13 Å². The van der Waals surface area contributed by atoms with E-state index in [4.69, 9.17) is 4.74 Å². The minimum atomic E-state index is -1.01. The summed E-state index contributed by atoms with van der Waals surface area (Å²) in [5.74, 6) is 0.261. The van der Waals surface area contributed by atoms with Crippen molar-refractivity contribution in [3.8, 4) is 0 Å². The number of alkyl halides is 1. The van der Waals surface area contributed by atoms with E-state index in [1.807, 2.05) is 13.8 Å². The van der Waals surface area contributed by atoms with Gasteiger partial charge in [-0.15, -0.1) is 0 Å². The van der Waals surface area contributed by atoms with E-state index in [2.05, 4.69) is 10.2 Å². The first-order chi connectivity index (χ1) is 6.20. The van der Waals surface area contributed by atoms with Crippen LogP contribution in [0.3, 0.4) is 0 Å². The van der Waals surface area contributed by atoms with Gasteiger partial charge in [0.25, 0.3) is 0 Å². The fourth-order valence-corrected chi connectivity index (χ4v) is 1.65. The Hall–Kier alpha value is -0.900. The molecule has 1 unspecified atom stereocenters. The Bertz CT molecular complexity index is 309. The third kappa shape index (κ3) is 1.35. The molecule has 1 aromatic heterocycles. The van der Waals surface area contributed by atoms with Crippen LogP contribution >= 0.6 is 0 Å². The lowest BCUT2D eigenvalue weighted by atomic mass is 9.99. The van der Waals surface area contributed by atoms with E-state index < -0.39 is 6.17 Å². The van der Waals surface area contributed by atoms with E-state index >= 15 is 0 Å². The lowest BCUT2D eigenvalue weighted by Crippen LogP contribution is -2.13. The Morgan fingerprint density at radius 2 is 2.38 bits per heavy atom. The van der Waals surface area contributed by atoms with Gasteiger partial charge in [0.2, 0.25) is 0 Å². The van der Waals surface area contributed by atoms with Crippen LogP contribution in [0.5, 0.6) is 0 Å². The van der Waals surface area contributed by atoms with Gasteiger partial charge in [0.15, 0.2) is 6.17 Å². The number of aromatic nitrogens is 2. The van der Waals surface area contributed by atoms with Crippen molar-refractivity contribution in [2.45, 2.75) is 32.5 Å². The second-order valence-corrected chi connectivity index (χ2v) is 3.64. The van der Waals surface area contributed by atoms with Crippen LogP contribution in [0.25, 0.3) is 0 Å². The lowest BCUT2D eigenvalue weighted by Gasteiger charge is -2.17. The molecule has 0 aliphatic carbocycles. The molecule has 0 fully saturated rings. The molecule has 0 spiro atoms. The van der Waals surface area contributed by atoms with E-state index in [0.717, 1.165) is 17.0 Å².